The summed E-state index contributed by atoms with van der Waals surface area (Å²) in [6, 6.07) is 21.1. The van der Waals surface area contributed by atoms with E-state index in [-0.39, 0.29) is 0 Å². The van der Waals surface area contributed by atoms with Crippen molar-refractivity contribution in [2.24, 2.45) is 5.73 Å². The van der Waals surface area contributed by atoms with Gasteiger partial charge in [0.2, 0.25) is 0 Å². The van der Waals surface area contributed by atoms with E-state index in [4.69, 9.17) is 5.73 Å². The third-order valence-electron chi connectivity index (χ3n) is 3.11. The zero-order valence-corrected chi connectivity index (χ0v) is 12.6. The second-order valence-corrected chi connectivity index (χ2v) is 5.88. The van der Waals surface area contributed by atoms with Gasteiger partial charge in [0.15, 0.2) is 0 Å². The molecule has 3 heteroatoms. The van der Waals surface area contributed by atoms with Crippen molar-refractivity contribution in [1.29, 1.82) is 0 Å². The number of benzene rings is 2. The number of nitrogens with zero attached hydrogens (tertiary/aromatic N) is 1. The van der Waals surface area contributed by atoms with Gasteiger partial charge in [0.25, 0.3) is 0 Å². The Hall–Kier alpha value is -1.29. The Morgan fingerprint density at radius 1 is 0.850 bits per heavy atom. The normalized spacial score (nSPS) is 10.9. The summed E-state index contributed by atoms with van der Waals surface area (Å²) in [4.78, 5) is 3.76. The van der Waals surface area contributed by atoms with Crippen molar-refractivity contribution >= 4 is 11.8 Å². The molecule has 20 heavy (non-hydrogen) atoms. The van der Waals surface area contributed by atoms with Crippen LogP contribution in [0.2, 0.25) is 0 Å². The summed E-state index contributed by atoms with van der Waals surface area (Å²) in [5, 5.41) is 0. The van der Waals surface area contributed by atoms with E-state index in [0.717, 1.165) is 25.4 Å². The molecule has 2 rings (SSSR count). The first kappa shape index (κ1) is 15.1. The summed E-state index contributed by atoms with van der Waals surface area (Å²) in [7, 11) is 0. The molecular formula is C17H22N2S. The number of hydrogen-bond donors (Lipinski definition) is 1. The largest absolute Gasteiger partial charge is 0.329 e. The van der Waals surface area contributed by atoms with Crippen LogP contribution < -0.4 is 5.73 Å². The summed E-state index contributed by atoms with van der Waals surface area (Å²) in [5.41, 5.74) is 7.07. The Labute approximate surface area is 126 Å². The molecule has 106 valence electrons. The first-order chi connectivity index (χ1) is 9.88. The maximum absolute atomic E-state index is 5.72. The predicted octanol–water partition coefficient (Wildman–Crippen LogP) is 3.24. The van der Waals surface area contributed by atoms with Crippen LogP contribution in [0.15, 0.2) is 65.6 Å². The van der Waals surface area contributed by atoms with Crippen molar-refractivity contribution in [1.82, 2.24) is 4.90 Å². The SMILES string of the molecule is NCCN(CCSc1ccccc1)Cc1ccccc1. The van der Waals surface area contributed by atoms with Crippen molar-refractivity contribution in [3.05, 3.63) is 66.2 Å². The molecule has 0 spiro atoms. The molecule has 0 aromatic heterocycles. The molecule has 0 radical (unpaired) electrons. The summed E-state index contributed by atoms with van der Waals surface area (Å²) < 4.78 is 0. The van der Waals surface area contributed by atoms with Crippen LogP contribution in [0.25, 0.3) is 0 Å². The van der Waals surface area contributed by atoms with Crippen LogP contribution >= 0.6 is 11.8 Å². The highest BCUT2D eigenvalue weighted by Crippen LogP contribution is 2.17. The van der Waals surface area contributed by atoms with Crippen LogP contribution in [0, 0.1) is 0 Å². The minimum Gasteiger partial charge on any atom is -0.329 e. The monoisotopic (exact) mass is 286 g/mol. The lowest BCUT2D eigenvalue weighted by Gasteiger charge is -2.21. The number of nitrogens with two attached hydrogens (primary N) is 1. The Morgan fingerprint density at radius 2 is 1.50 bits per heavy atom. The van der Waals surface area contributed by atoms with E-state index in [1.165, 1.54) is 10.5 Å². The standard InChI is InChI=1S/C17H22N2S/c18-11-12-19(15-16-7-3-1-4-8-16)13-14-20-17-9-5-2-6-10-17/h1-10H,11-15,18H2. The number of hydrogen-bond acceptors (Lipinski definition) is 3. The Bertz CT molecular complexity index is 473. The first-order valence-corrected chi connectivity index (χ1v) is 8.01. The topological polar surface area (TPSA) is 29.3 Å². The van der Waals surface area contributed by atoms with Gasteiger partial charge in [-0.05, 0) is 17.7 Å². The molecule has 0 aliphatic rings. The molecule has 0 atom stereocenters. The van der Waals surface area contributed by atoms with E-state index in [1.807, 2.05) is 11.8 Å². The lowest BCUT2D eigenvalue weighted by atomic mass is 10.2. The molecule has 0 bridgehead atoms. The Balaban J connectivity index is 1.80. The highest BCUT2D eigenvalue weighted by Gasteiger charge is 2.05. The van der Waals surface area contributed by atoms with Gasteiger partial charge < -0.3 is 5.73 Å². The zero-order valence-electron chi connectivity index (χ0n) is 11.7. The highest BCUT2D eigenvalue weighted by atomic mass is 32.2. The van der Waals surface area contributed by atoms with Gasteiger partial charge in [0.1, 0.15) is 0 Å². The molecule has 2 aromatic rings. The van der Waals surface area contributed by atoms with Gasteiger partial charge >= 0.3 is 0 Å². The molecule has 0 heterocycles. The second kappa shape index (κ2) is 8.80. The predicted molar refractivity (Wildman–Crippen MR) is 87.9 cm³/mol. The van der Waals surface area contributed by atoms with Gasteiger partial charge in [0.05, 0.1) is 0 Å². The molecule has 0 aliphatic heterocycles. The summed E-state index contributed by atoms with van der Waals surface area (Å²) >= 11 is 1.90. The molecule has 0 unspecified atom stereocenters. The zero-order chi connectivity index (χ0) is 14.0. The maximum Gasteiger partial charge on any atom is 0.0234 e. The molecule has 2 N–H and O–H groups in total. The number of rotatable bonds is 8. The van der Waals surface area contributed by atoms with E-state index < -0.39 is 0 Å². The van der Waals surface area contributed by atoms with Gasteiger partial charge in [-0.1, -0.05) is 48.5 Å². The quantitative estimate of drug-likeness (QED) is 0.755. The van der Waals surface area contributed by atoms with Gasteiger partial charge in [-0.2, -0.15) is 0 Å². The van der Waals surface area contributed by atoms with Crippen LogP contribution in [0.5, 0.6) is 0 Å². The van der Waals surface area contributed by atoms with Gasteiger partial charge in [-0.3, -0.25) is 4.90 Å². The second-order valence-electron chi connectivity index (χ2n) is 4.71. The number of thioether (sulfide) groups is 1. The van der Waals surface area contributed by atoms with Crippen molar-refractivity contribution in [3.63, 3.8) is 0 Å². The Kier molecular flexibility index (Phi) is 6.64. The minimum absolute atomic E-state index is 0.711. The van der Waals surface area contributed by atoms with Crippen molar-refractivity contribution in [2.75, 3.05) is 25.4 Å². The fraction of sp³-hybridized carbons (Fsp3) is 0.294. The maximum atomic E-state index is 5.72. The van der Waals surface area contributed by atoms with Crippen molar-refractivity contribution in [3.8, 4) is 0 Å². The molecule has 0 saturated heterocycles. The fourth-order valence-corrected chi connectivity index (χ4v) is 3.04. The highest BCUT2D eigenvalue weighted by molar-refractivity contribution is 7.99. The smallest absolute Gasteiger partial charge is 0.0234 e. The molecular weight excluding hydrogens is 264 g/mol. The van der Waals surface area contributed by atoms with E-state index >= 15 is 0 Å². The third kappa shape index (κ3) is 5.37. The molecule has 0 amide bonds. The molecule has 2 aromatic carbocycles. The third-order valence-corrected chi connectivity index (χ3v) is 4.11. The van der Waals surface area contributed by atoms with Crippen LogP contribution in [0.3, 0.4) is 0 Å². The Morgan fingerprint density at radius 3 is 2.15 bits per heavy atom. The van der Waals surface area contributed by atoms with Crippen LogP contribution in [0.4, 0.5) is 0 Å². The molecule has 0 aliphatic carbocycles. The van der Waals surface area contributed by atoms with Gasteiger partial charge in [-0.25, -0.2) is 0 Å². The van der Waals surface area contributed by atoms with Crippen LogP contribution in [0.1, 0.15) is 5.56 Å². The van der Waals surface area contributed by atoms with Crippen LogP contribution in [-0.4, -0.2) is 30.3 Å². The average molecular weight is 286 g/mol. The lowest BCUT2D eigenvalue weighted by Crippen LogP contribution is -2.31. The fourth-order valence-electron chi connectivity index (χ4n) is 2.10. The van der Waals surface area contributed by atoms with E-state index in [1.54, 1.807) is 0 Å². The lowest BCUT2D eigenvalue weighted by molar-refractivity contribution is 0.290. The van der Waals surface area contributed by atoms with E-state index in [9.17, 15) is 0 Å². The molecule has 2 nitrogen and oxygen atoms in total. The van der Waals surface area contributed by atoms with E-state index in [2.05, 4.69) is 65.6 Å². The van der Waals surface area contributed by atoms with Gasteiger partial charge in [0, 0.05) is 36.8 Å². The minimum atomic E-state index is 0.711. The summed E-state index contributed by atoms with van der Waals surface area (Å²) in [6.45, 7) is 3.70. The average Bonchev–Trinajstić information content (AvgIpc) is 2.49. The first-order valence-electron chi connectivity index (χ1n) is 7.02. The van der Waals surface area contributed by atoms with Gasteiger partial charge in [-0.15, -0.1) is 11.8 Å². The van der Waals surface area contributed by atoms with Crippen LogP contribution in [-0.2, 0) is 6.54 Å². The van der Waals surface area contributed by atoms with Crippen molar-refractivity contribution in [2.45, 2.75) is 11.4 Å². The summed E-state index contributed by atoms with van der Waals surface area (Å²) in [5.74, 6) is 1.09. The molecule has 0 fully saturated rings. The summed E-state index contributed by atoms with van der Waals surface area (Å²) in [6.07, 6.45) is 0. The molecule has 0 saturated carbocycles. The van der Waals surface area contributed by atoms with Crippen molar-refractivity contribution < 1.29 is 0 Å². The van der Waals surface area contributed by atoms with E-state index in [0.29, 0.717) is 6.54 Å².